The molecule has 0 aliphatic rings. The maximum absolute atomic E-state index is 5.48. The molecule has 2 heteroatoms. The fourth-order valence-corrected chi connectivity index (χ4v) is 1.76. The molecule has 0 spiro atoms. The van der Waals surface area contributed by atoms with Crippen molar-refractivity contribution in [3.8, 4) is 0 Å². The molecule has 1 aromatic heterocycles. The summed E-state index contributed by atoms with van der Waals surface area (Å²) in [6, 6.07) is 8.35. The zero-order valence-electron chi connectivity index (χ0n) is 10.5. The number of hydrogen-bond acceptors (Lipinski definition) is 2. The van der Waals surface area contributed by atoms with Crippen molar-refractivity contribution in [3.05, 3.63) is 48.3 Å². The van der Waals surface area contributed by atoms with Crippen molar-refractivity contribution in [2.45, 2.75) is 19.4 Å². The highest BCUT2D eigenvalue weighted by Crippen LogP contribution is 2.27. The summed E-state index contributed by atoms with van der Waals surface area (Å²) in [4.78, 5) is 4.32. The van der Waals surface area contributed by atoms with Crippen LogP contribution in [0.5, 0.6) is 0 Å². The van der Waals surface area contributed by atoms with Crippen molar-refractivity contribution in [1.82, 2.24) is 4.98 Å². The van der Waals surface area contributed by atoms with Crippen LogP contribution in [0.4, 0.5) is 0 Å². The van der Waals surface area contributed by atoms with Gasteiger partial charge in [0.1, 0.15) is 0 Å². The number of hydrogen-bond donors (Lipinski definition) is 0. The smallest absolute Gasteiger partial charge is 0.0871 e. The molecule has 0 unspecified atom stereocenters. The Hall–Kier alpha value is -1.67. The van der Waals surface area contributed by atoms with Gasteiger partial charge in [-0.25, -0.2) is 0 Å². The van der Waals surface area contributed by atoms with Crippen molar-refractivity contribution in [1.29, 1.82) is 0 Å². The van der Waals surface area contributed by atoms with E-state index in [1.165, 1.54) is 5.39 Å². The summed E-state index contributed by atoms with van der Waals surface area (Å²) >= 11 is 0. The van der Waals surface area contributed by atoms with Crippen molar-refractivity contribution in [2.75, 3.05) is 7.11 Å². The molecular weight excluding hydrogens is 210 g/mol. The van der Waals surface area contributed by atoms with Crippen LogP contribution >= 0.6 is 0 Å². The third kappa shape index (κ3) is 2.22. The highest BCUT2D eigenvalue weighted by atomic mass is 16.5. The Morgan fingerprint density at radius 1 is 1.24 bits per heavy atom. The van der Waals surface area contributed by atoms with Crippen LogP contribution in [0.25, 0.3) is 16.8 Å². The number of rotatable bonds is 3. The molecule has 88 valence electrons. The van der Waals surface area contributed by atoms with E-state index in [9.17, 15) is 0 Å². The summed E-state index contributed by atoms with van der Waals surface area (Å²) in [7, 11) is 1.73. The summed E-state index contributed by atoms with van der Waals surface area (Å²) in [6.07, 6.45) is 3.63. The van der Waals surface area contributed by atoms with E-state index < -0.39 is 0 Å². The fourth-order valence-electron chi connectivity index (χ4n) is 1.76. The Bertz CT molecular complexity index is 558. The van der Waals surface area contributed by atoms with Gasteiger partial charge in [0.2, 0.25) is 0 Å². The highest BCUT2D eigenvalue weighted by molar-refractivity contribution is 5.84. The summed E-state index contributed by atoms with van der Waals surface area (Å²) in [5.74, 6) is 0. The number of ether oxygens (including phenoxy) is 1. The molecule has 0 N–H and O–H groups in total. The summed E-state index contributed by atoms with van der Waals surface area (Å²) in [5.41, 5.74) is 1.78. The predicted molar refractivity (Wildman–Crippen MR) is 71.9 cm³/mol. The van der Waals surface area contributed by atoms with Crippen LogP contribution < -0.4 is 0 Å². The fraction of sp³-hybridized carbons (Fsp3) is 0.267. The molecular formula is C15H17NO. The molecule has 17 heavy (non-hydrogen) atoms. The quantitative estimate of drug-likeness (QED) is 0.796. The van der Waals surface area contributed by atoms with Crippen LogP contribution in [0.2, 0.25) is 0 Å². The van der Waals surface area contributed by atoms with Gasteiger partial charge in [0.15, 0.2) is 0 Å². The molecule has 2 rings (SSSR count). The minimum atomic E-state index is -0.273. The van der Waals surface area contributed by atoms with E-state index in [0.717, 1.165) is 16.6 Å². The second-order valence-corrected chi connectivity index (χ2v) is 4.59. The van der Waals surface area contributed by atoms with E-state index in [2.05, 4.69) is 43.6 Å². The van der Waals surface area contributed by atoms with Gasteiger partial charge in [0.25, 0.3) is 0 Å². The first-order valence-corrected chi connectivity index (χ1v) is 5.65. The van der Waals surface area contributed by atoms with Gasteiger partial charge in [0, 0.05) is 18.7 Å². The van der Waals surface area contributed by atoms with Gasteiger partial charge in [-0.1, -0.05) is 18.7 Å². The Kier molecular flexibility index (Phi) is 2.99. The van der Waals surface area contributed by atoms with Crippen LogP contribution in [0.15, 0.2) is 37.0 Å². The zero-order chi connectivity index (χ0) is 12.5. The molecule has 0 aliphatic carbocycles. The van der Waals surface area contributed by atoms with Gasteiger partial charge >= 0.3 is 0 Å². The lowest BCUT2D eigenvalue weighted by molar-refractivity contribution is 0.0193. The van der Waals surface area contributed by atoms with Gasteiger partial charge in [-0.15, -0.1) is 0 Å². The largest absolute Gasteiger partial charge is 0.374 e. The molecule has 0 bridgehead atoms. The molecule has 0 radical (unpaired) electrons. The standard InChI is InChI=1S/C15H17NO/c1-5-14-9-11-6-7-13(15(2,3)17-4)8-12(11)10-16-14/h5-10H,1H2,2-4H3. The summed E-state index contributed by atoms with van der Waals surface area (Å²) in [6.45, 7) is 7.84. The molecule has 0 amide bonds. The molecule has 0 saturated carbocycles. The minimum Gasteiger partial charge on any atom is -0.374 e. The van der Waals surface area contributed by atoms with E-state index in [-0.39, 0.29) is 5.60 Å². The highest BCUT2D eigenvalue weighted by Gasteiger charge is 2.19. The van der Waals surface area contributed by atoms with Crippen LogP contribution in [0, 0.1) is 0 Å². The van der Waals surface area contributed by atoms with Crippen molar-refractivity contribution < 1.29 is 4.74 Å². The maximum atomic E-state index is 5.48. The Morgan fingerprint density at radius 2 is 2.00 bits per heavy atom. The number of fused-ring (bicyclic) bond motifs is 1. The zero-order valence-corrected chi connectivity index (χ0v) is 10.5. The average molecular weight is 227 g/mol. The van der Waals surface area contributed by atoms with Crippen LogP contribution in [0.3, 0.4) is 0 Å². The van der Waals surface area contributed by atoms with E-state index in [1.807, 2.05) is 12.3 Å². The first-order chi connectivity index (χ1) is 8.06. The molecule has 0 atom stereocenters. The lowest BCUT2D eigenvalue weighted by atomic mass is 9.96. The van der Waals surface area contributed by atoms with Crippen LogP contribution in [-0.2, 0) is 10.3 Å². The topological polar surface area (TPSA) is 22.1 Å². The maximum Gasteiger partial charge on any atom is 0.0871 e. The van der Waals surface area contributed by atoms with Gasteiger partial charge in [-0.3, -0.25) is 4.98 Å². The lowest BCUT2D eigenvalue weighted by Crippen LogP contribution is -2.19. The number of aromatic nitrogens is 1. The van der Waals surface area contributed by atoms with Crippen molar-refractivity contribution in [2.24, 2.45) is 0 Å². The average Bonchev–Trinajstić information content (AvgIpc) is 2.37. The first-order valence-electron chi connectivity index (χ1n) is 5.65. The Morgan fingerprint density at radius 3 is 2.65 bits per heavy atom. The second kappa shape index (κ2) is 4.30. The van der Waals surface area contributed by atoms with E-state index >= 15 is 0 Å². The van der Waals surface area contributed by atoms with Gasteiger partial charge < -0.3 is 4.74 Å². The lowest BCUT2D eigenvalue weighted by Gasteiger charge is -2.23. The predicted octanol–water partition coefficient (Wildman–Crippen LogP) is 3.76. The molecule has 1 aromatic carbocycles. The number of pyridine rings is 1. The third-order valence-electron chi connectivity index (χ3n) is 3.16. The second-order valence-electron chi connectivity index (χ2n) is 4.59. The molecule has 2 nitrogen and oxygen atoms in total. The molecule has 0 fully saturated rings. The number of benzene rings is 1. The van der Waals surface area contributed by atoms with Crippen molar-refractivity contribution in [3.63, 3.8) is 0 Å². The van der Waals surface area contributed by atoms with Crippen molar-refractivity contribution >= 4 is 16.8 Å². The first kappa shape index (κ1) is 11.8. The van der Waals surface area contributed by atoms with Crippen LogP contribution in [-0.4, -0.2) is 12.1 Å². The summed E-state index contributed by atoms with van der Waals surface area (Å²) < 4.78 is 5.48. The van der Waals surface area contributed by atoms with Crippen LogP contribution in [0.1, 0.15) is 25.1 Å². The Balaban J connectivity index is 2.55. The summed E-state index contributed by atoms with van der Waals surface area (Å²) in [5, 5.41) is 2.30. The molecule has 2 aromatic rings. The van der Waals surface area contributed by atoms with E-state index in [0.29, 0.717) is 0 Å². The monoisotopic (exact) mass is 227 g/mol. The van der Waals surface area contributed by atoms with E-state index in [4.69, 9.17) is 4.74 Å². The minimum absolute atomic E-state index is 0.273. The molecule has 0 aliphatic heterocycles. The Labute approximate surface area is 102 Å². The van der Waals surface area contributed by atoms with Gasteiger partial charge in [-0.2, -0.15) is 0 Å². The molecule has 1 heterocycles. The van der Waals surface area contributed by atoms with E-state index in [1.54, 1.807) is 13.2 Å². The SMILES string of the molecule is C=Cc1cc2ccc(C(C)(C)OC)cc2cn1. The van der Waals surface area contributed by atoms with Gasteiger partial charge in [-0.05, 0) is 43.0 Å². The number of nitrogens with zero attached hydrogens (tertiary/aromatic N) is 1. The number of methoxy groups -OCH3 is 1. The normalized spacial score (nSPS) is 11.7. The van der Waals surface area contributed by atoms with Gasteiger partial charge in [0.05, 0.1) is 11.3 Å². The third-order valence-corrected chi connectivity index (χ3v) is 3.16. The molecule has 0 saturated heterocycles.